The van der Waals surface area contributed by atoms with Crippen molar-refractivity contribution in [2.24, 2.45) is 5.92 Å². The Bertz CT molecular complexity index is 818. The lowest BCUT2D eigenvalue weighted by Gasteiger charge is -2.22. The third-order valence-corrected chi connectivity index (χ3v) is 5.24. The number of esters is 1. The Balaban J connectivity index is 1.88. The van der Waals surface area contributed by atoms with E-state index in [4.69, 9.17) is 4.74 Å². The Morgan fingerprint density at radius 2 is 1.93 bits per heavy atom. The summed E-state index contributed by atoms with van der Waals surface area (Å²) in [6.07, 6.45) is 0.658. The molecule has 5 nitrogen and oxygen atoms in total. The van der Waals surface area contributed by atoms with Crippen LogP contribution in [0.15, 0.2) is 48.5 Å². The number of aryl methyl sites for hydroxylation is 1. The number of hydrogen-bond acceptors (Lipinski definition) is 4. The highest BCUT2D eigenvalue weighted by Gasteiger charge is 2.42. The lowest BCUT2D eigenvalue weighted by molar-refractivity contribution is -0.142. The lowest BCUT2D eigenvalue weighted by atomic mass is 9.81. The molecule has 2 aromatic carbocycles. The molecule has 1 fully saturated rings. The highest BCUT2D eigenvalue weighted by Crippen LogP contribution is 2.35. The second-order valence-electron chi connectivity index (χ2n) is 6.97. The molecular formula is C22H25NO4. The average molecular weight is 367 g/mol. The number of rotatable bonds is 6. The molecular weight excluding hydrogens is 342 g/mol. The fraction of sp³-hybridized carbons (Fsp3) is 0.364. The number of carboxylic acids is 1. The Hall–Kier alpha value is -2.66. The maximum absolute atomic E-state index is 12.1. The van der Waals surface area contributed by atoms with Crippen molar-refractivity contribution < 1.29 is 19.4 Å². The second kappa shape index (κ2) is 8.35. The van der Waals surface area contributed by atoms with E-state index >= 15 is 0 Å². The van der Waals surface area contributed by atoms with Crippen molar-refractivity contribution in [2.45, 2.75) is 32.2 Å². The molecule has 1 saturated heterocycles. The maximum Gasteiger partial charge on any atom is 0.338 e. The fourth-order valence-electron chi connectivity index (χ4n) is 3.91. The number of benzene rings is 2. The summed E-state index contributed by atoms with van der Waals surface area (Å²) in [5, 5.41) is 13.3. The first-order valence-corrected chi connectivity index (χ1v) is 9.29. The van der Waals surface area contributed by atoms with Gasteiger partial charge in [0, 0.05) is 18.5 Å². The molecule has 1 aliphatic heterocycles. The van der Waals surface area contributed by atoms with Gasteiger partial charge >= 0.3 is 11.9 Å². The summed E-state index contributed by atoms with van der Waals surface area (Å²) >= 11 is 0. The molecule has 142 valence electrons. The lowest BCUT2D eigenvalue weighted by Crippen LogP contribution is -2.34. The fourth-order valence-corrected chi connectivity index (χ4v) is 3.91. The van der Waals surface area contributed by atoms with Crippen molar-refractivity contribution in [1.82, 2.24) is 5.32 Å². The van der Waals surface area contributed by atoms with Gasteiger partial charge < -0.3 is 15.2 Å². The molecule has 0 aromatic heterocycles. The van der Waals surface area contributed by atoms with Gasteiger partial charge in [-0.25, -0.2) is 4.79 Å². The van der Waals surface area contributed by atoms with Crippen molar-refractivity contribution in [1.29, 1.82) is 0 Å². The topological polar surface area (TPSA) is 75.6 Å². The highest BCUT2D eigenvalue weighted by atomic mass is 16.5. The molecule has 1 unspecified atom stereocenters. The van der Waals surface area contributed by atoms with Crippen molar-refractivity contribution in [3.05, 3.63) is 70.8 Å². The molecule has 0 aliphatic carbocycles. The van der Waals surface area contributed by atoms with E-state index in [2.05, 4.69) is 5.32 Å². The summed E-state index contributed by atoms with van der Waals surface area (Å²) in [5.41, 5.74) is 3.46. The zero-order valence-corrected chi connectivity index (χ0v) is 15.6. The molecule has 5 heteroatoms. The molecule has 0 saturated carbocycles. The summed E-state index contributed by atoms with van der Waals surface area (Å²) in [7, 11) is 0. The predicted octanol–water partition coefficient (Wildman–Crippen LogP) is 3.17. The van der Waals surface area contributed by atoms with Gasteiger partial charge in [-0.2, -0.15) is 0 Å². The van der Waals surface area contributed by atoms with Gasteiger partial charge in [-0.15, -0.1) is 0 Å². The van der Waals surface area contributed by atoms with Gasteiger partial charge in [0.25, 0.3) is 0 Å². The van der Waals surface area contributed by atoms with Gasteiger partial charge in [-0.1, -0.05) is 36.4 Å². The molecule has 1 aliphatic rings. The van der Waals surface area contributed by atoms with E-state index in [-0.39, 0.29) is 17.9 Å². The van der Waals surface area contributed by atoms with Gasteiger partial charge in [0.15, 0.2) is 0 Å². The third-order valence-electron chi connectivity index (χ3n) is 5.24. The maximum atomic E-state index is 12.1. The minimum Gasteiger partial charge on any atom is -0.481 e. The molecule has 0 radical (unpaired) electrons. The van der Waals surface area contributed by atoms with Crippen LogP contribution >= 0.6 is 0 Å². The SMILES string of the molecule is CCOC(=O)c1ccc(C)c([C@@H]2CNC(Cc3ccccc3)[C@H]2C(=O)O)c1. The number of carbonyl (C=O) groups is 2. The molecule has 27 heavy (non-hydrogen) atoms. The first-order chi connectivity index (χ1) is 13.0. The molecule has 2 aromatic rings. The number of nitrogens with one attached hydrogen (secondary N) is 1. The predicted molar refractivity (Wildman–Crippen MR) is 103 cm³/mol. The minimum atomic E-state index is -0.813. The van der Waals surface area contributed by atoms with E-state index in [9.17, 15) is 14.7 Å². The number of carbonyl (C=O) groups excluding carboxylic acids is 1. The molecule has 0 bridgehead atoms. The van der Waals surface area contributed by atoms with Crippen molar-refractivity contribution in [3.63, 3.8) is 0 Å². The zero-order valence-electron chi connectivity index (χ0n) is 15.6. The standard InChI is InChI=1S/C22H25NO4/c1-3-27-22(26)16-10-9-14(2)17(12-16)18-13-23-19(20(18)21(24)25)11-15-7-5-4-6-8-15/h4-10,12,18-20,23H,3,11,13H2,1-2H3,(H,24,25)/t18-,19?,20-/m0/s1. The van der Waals surface area contributed by atoms with Crippen LogP contribution in [0, 0.1) is 12.8 Å². The van der Waals surface area contributed by atoms with E-state index in [1.165, 1.54) is 0 Å². The van der Waals surface area contributed by atoms with E-state index in [1.54, 1.807) is 19.1 Å². The van der Waals surface area contributed by atoms with Crippen molar-refractivity contribution in [3.8, 4) is 0 Å². The minimum absolute atomic E-state index is 0.152. The van der Waals surface area contributed by atoms with Crippen LogP contribution in [0.3, 0.4) is 0 Å². The molecule has 0 amide bonds. The quantitative estimate of drug-likeness (QED) is 0.767. The monoisotopic (exact) mass is 367 g/mol. The van der Waals surface area contributed by atoms with Gasteiger partial charge in [-0.3, -0.25) is 4.79 Å². The zero-order chi connectivity index (χ0) is 19.4. The van der Waals surface area contributed by atoms with Gasteiger partial charge in [0.05, 0.1) is 18.1 Å². The van der Waals surface area contributed by atoms with Crippen LogP contribution in [0.4, 0.5) is 0 Å². The normalized spacial score (nSPS) is 21.8. The van der Waals surface area contributed by atoms with Crippen LogP contribution in [0.25, 0.3) is 0 Å². The molecule has 3 rings (SSSR count). The van der Waals surface area contributed by atoms with Crippen LogP contribution in [0.1, 0.15) is 39.9 Å². The van der Waals surface area contributed by atoms with Gasteiger partial charge in [0.2, 0.25) is 0 Å². The Kier molecular flexibility index (Phi) is 5.91. The molecule has 1 heterocycles. The van der Waals surface area contributed by atoms with Crippen molar-refractivity contribution in [2.75, 3.05) is 13.2 Å². The van der Waals surface area contributed by atoms with E-state index in [0.717, 1.165) is 16.7 Å². The Morgan fingerprint density at radius 3 is 2.59 bits per heavy atom. The molecule has 2 N–H and O–H groups in total. The summed E-state index contributed by atoms with van der Waals surface area (Å²) in [6.45, 7) is 4.60. The summed E-state index contributed by atoms with van der Waals surface area (Å²) in [6, 6.07) is 15.1. The number of ether oxygens (including phenoxy) is 1. The van der Waals surface area contributed by atoms with E-state index in [1.807, 2.05) is 43.3 Å². The average Bonchev–Trinajstić information content (AvgIpc) is 3.06. The first kappa shape index (κ1) is 19.1. The third kappa shape index (κ3) is 4.19. The van der Waals surface area contributed by atoms with Crippen LogP contribution in [0.5, 0.6) is 0 Å². The first-order valence-electron chi connectivity index (χ1n) is 9.29. The highest BCUT2D eigenvalue weighted by molar-refractivity contribution is 5.89. The smallest absolute Gasteiger partial charge is 0.338 e. The number of carboxylic acid groups (broad SMARTS) is 1. The Labute approximate surface area is 159 Å². The van der Waals surface area contributed by atoms with Gasteiger partial charge in [0.1, 0.15) is 0 Å². The second-order valence-corrected chi connectivity index (χ2v) is 6.97. The number of hydrogen-bond donors (Lipinski definition) is 2. The largest absolute Gasteiger partial charge is 0.481 e. The van der Waals surface area contributed by atoms with E-state index in [0.29, 0.717) is 25.1 Å². The Morgan fingerprint density at radius 1 is 1.19 bits per heavy atom. The van der Waals surface area contributed by atoms with Crippen LogP contribution in [0.2, 0.25) is 0 Å². The van der Waals surface area contributed by atoms with Crippen LogP contribution < -0.4 is 5.32 Å². The van der Waals surface area contributed by atoms with Gasteiger partial charge in [-0.05, 0) is 49.1 Å². The van der Waals surface area contributed by atoms with E-state index < -0.39 is 11.9 Å². The van der Waals surface area contributed by atoms with Crippen LogP contribution in [-0.4, -0.2) is 36.2 Å². The summed E-state index contributed by atoms with van der Waals surface area (Å²) in [5.74, 6) is -1.93. The molecule has 3 atom stereocenters. The van der Waals surface area contributed by atoms with Crippen LogP contribution in [-0.2, 0) is 16.0 Å². The number of aliphatic carboxylic acids is 1. The van der Waals surface area contributed by atoms with Crippen molar-refractivity contribution >= 4 is 11.9 Å². The summed E-state index contributed by atoms with van der Waals surface area (Å²) < 4.78 is 5.09. The molecule has 0 spiro atoms. The summed E-state index contributed by atoms with van der Waals surface area (Å²) in [4.78, 5) is 24.2.